The van der Waals surface area contributed by atoms with Gasteiger partial charge in [0, 0.05) is 45.1 Å². The number of aliphatic hydroxyl groups is 6. The van der Waals surface area contributed by atoms with Gasteiger partial charge < -0.3 is 64.4 Å². The Morgan fingerprint density at radius 2 is 0.911 bits per heavy atom. The van der Waals surface area contributed by atoms with Crippen molar-refractivity contribution in [3.8, 4) is 0 Å². The van der Waals surface area contributed by atoms with Gasteiger partial charge in [-0.25, -0.2) is 0 Å². The highest BCUT2D eigenvalue weighted by Gasteiger charge is 2.43. The smallest absolute Gasteiger partial charge is 0.186 e. The molecule has 0 spiro atoms. The molecule has 0 unspecified atom stereocenters. The molecule has 0 aromatic rings. The van der Waals surface area contributed by atoms with Gasteiger partial charge in [-0.3, -0.25) is 28.9 Å². The van der Waals surface area contributed by atoms with Gasteiger partial charge in [-0.05, 0) is 40.2 Å². The molecule has 324 valence electrons. The molecule has 56 heavy (non-hydrogen) atoms. The monoisotopic (exact) mass is 808 g/mol. The van der Waals surface area contributed by atoms with Crippen LogP contribution in [0.3, 0.4) is 0 Å². The second-order valence-electron chi connectivity index (χ2n) is 14.3. The van der Waals surface area contributed by atoms with E-state index in [2.05, 4.69) is 5.32 Å². The van der Waals surface area contributed by atoms with E-state index in [9.17, 15) is 54.6 Å². The lowest BCUT2D eigenvalue weighted by atomic mass is 10.00. The number of nitrogens with zero attached hydrogens (tertiary/aromatic N) is 1. The number of carbonyl (C=O) groups is 5. The first-order valence-electron chi connectivity index (χ1n) is 19.4. The highest BCUT2D eigenvalue weighted by molar-refractivity contribution is 5.87. The van der Waals surface area contributed by atoms with Crippen molar-refractivity contribution in [2.45, 2.75) is 133 Å². The maximum atomic E-state index is 12.9. The Kier molecular flexibility index (Phi) is 24.5. The van der Waals surface area contributed by atoms with Crippen molar-refractivity contribution >= 4 is 28.9 Å². The molecule has 0 aromatic heterocycles. The standard InChI is InChI=1S/C37H64N2O17/c1-23-30(45)32(47)34(49)36(55-23)53-14-5-8-28(43)21-39(22-29(44)9-6-15-54-37-35(50)33(48)31(46)24(2)56-37)20-27(42)7-4-13-51-17-18-52-16-12-25(40)10-11-26(41)19-38-3/h23-24,30-38,45-50H,4-22H2,1-3H3/t23-,24-,30+,31+,32+,33+,34-,35-,36+,37+/m0/s1. The summed E-state index contributed by atoms with van der Waals surface area (Å²) in [5.74, 6) is -0.821. The molecule has 2 saturated heterocycles. The Balaban J connectivity index is 1.75. The molecule has 0 aliphatic carbocycles. The normalized spacial score (nSPS) is 28.0. The zero-order valence-corrected chi connectivity index (χ0v) is 32.8. The van der Waals surface area contributed by atoms with E-state index in [0.29, 0.717) is 6.42 Å². The predicted molar refractivity (Wildman–Crippen MR) is 195 cm³/mol. The number of rotatable bonds is 31. The van der Waals surface area contributed by atoms with Crippen LogP contribution in [0.4, 0.5) is 0 Å². The highest BCUT2D eigenvalue weighted by atomic mass is 16.7. The molecule has 2 heterocycles. The number of likely N-dealkylation sites (N-methyl/N-ethyl adjacent to an activating group) is 1. The van der Waals surface area contributed by atoms with Crippen LogP contribution in [0.1, 0.15) is 71.6 Å². The number of ether oxygens (including phenoxy) is 6. The Hall–Kier alpha value is -2.21. The van der Waals surface area contributed by atoms with Crippen molar-refractivity contribution in [2.24, 2.45) is 0 Å². The maximum absolute atomic E-state index is 12.9. The van der Waals surface area contributed by atoms with Gasteiger partial charge in [0.25, 0.3) is 0 Å². The van der Waals surface area contributed by atoms with E-state index in [1.54, 1.807) is 7.05 Å². The summed E-state index contributed by atoms with van der Waals surface area (Å²) in [7, 11) is 1.67. The Labute approximate surface area is 327 Å². The molecule has 19 heteroatoms. The Morgan fingerprint density at radius 1 is 0.500 bits per heavy atom. The minimum atomic E-state index is -1.48. The second kappa shape index (κ2) is 27.5. The molecule has 7 N–H and O–H groups in total. The van der Waals surface area contributed by atoms with Crippen LogP contribution in [0.5, 0.6) is 0 Å². The van der Waals surface area contributed by atoms with Crippen molar-refractivity contribution < 1.29 is 83.0 Å². The average Bonchev–Trinajstić information content (AvgIpc) is 3.15. The Morgan fingerprint density at radius 3 is 1.36 bits per heavy atom. The largest absolute Gasteiger partial charge is 0.388 e. The van der Waals surface area contributed by atoms with Crippen LogP contribution in [-0.2, 0) is 52.4 Å². The van der Waals surface area contributed by atoms with Crippen LogP contribution in [-0.4, -0.2) is 199 Å². The van der Waals surface area contributed by atoms with E-state index < -0.39 is 61.4 Å². The first-order chi connectivity index (χ1) is 26.6. The number of Topliss-reactive ketones (excluding diaryl/α,β-unsaturated/α-hetero) is 5. The van der Waals surface area contributed by atoms with E-state index in [0.717, 1.165) is 0 Å². The number of ketones is 5. The summed E-state index contributed by atoms with van der Waals surface area (Å²) in [6.45, 7) is 3.71. The number of hydrogen-bond donors (Lipinski definition) is 7. The van der Waals surface area contributed by atoms with Crippen molar-refractivity contribution in [2.75, 3.05) is 72.9 Å². The van der Waals surface area contributed by atoms with Crippen LogP contribution in [0.15, 0.2) is 0 Å². The van der Waals surface area contributed by atoms with Gasteiger partial charge in [-0.1, -0.05) is 0 Å². The minimum absolute atomic E-state index is 0.00240. The van der Waals surface area contributed by atoms with Crippen molar-refractivity contribution in [1.82, 2.24) is 10.2 Å². The van der Waals surface area contributed by atoms with Crippen molar-refractivity contribution in [3.05, 3.63) is 0 Å². The molecule has 0 saturated carbocycles. The minimum Gasteiger partial charge on any atom is -0.388 e. The fraction of sp³-hybridized carbons (Fsp3) is 0.865. The number of nitrogens with one attached hydrogen (secondary N) is 1. The number of carbonyl (C=O) groups excluding carboxylic acids is 5. The van der Waals surface area contributed by atoms with Crippen LogP contribution in [0, 0.1) is 0 Å². The summed E-state index contributed by atoms with van der Waals surface area (Å²) in [5.41, 5.74) is 0. The summed E-state index contributed by atoms with van der Waals surface area (Å²) in [5, 5.41) is 62.6. The SMILES string of the molecule is CNCC(=O)CCC(=O)CCOCCOCCCC(=O)CN(CC(=O)CCCO[C@@H]1O[C@@H](C)[C@@H](O)[C@@H](O)[C@@H]1O)CC(=O)CCCO[C@@H]1O[C@@H](C)[C@@H](O)[C@@H](O)[C@@H]1O. The first-order valence-corrected chi connectivity index (χ1v) is 19.4. The van der Waals surface area contributed by atoms with E-state index >= 15 is 0 Å². The number of aliphatic hydroxyl groups excluding tert-OH is 6. The first kappa shape index (κ1) is 49.9. The molecule has 2 fully saturated rings. The molecule has 0 amide bonds. The fourth-order valence-corrected chi connectivity index (χ4v) is 5.96. The summed E-state index contributed by atoms with van der Waals surface area (Å²) in [6, 6.07) is 0. The van der Waals surface area contributed by atoms with Gasteiger partial charge in [-0.2, -0.15) is 0 Å². The van der Waals surface area contributed by atoms with E-state index in [1.807, 2.05) is 0 Å². The van der Waals surface area contributed by atoms with Gasteiger partial charge in [0.15, 0.2) is 12.6 Å². The van der Waals surface area contributed by atoms with Gasteiger partial charge in [0.1, 0.15) is 65.5 Å². The second-order valence-corrected chi connectivity index (χ2v) is 14.3. The average molecular weight is 809 g/mol. The summed E-state index contributed by atoms with van der Waals surface area (Å²) < 4.78 is 32.7. The molecular weight excluding hydrogens is 744 g/mol. The zero-order valence-electron chi connectivity index (χ0n) is 32.8. The third-order valence-corrected chi connectivity index (χ3v) is 9.28. The molecule has 10 atom stereocenters. The van der Waals surface area contributed by atoms with Crippen LogP contribution >= 0.6 is 0 Å². The lowest BCUT2D eigenvalue weighted by Crippen LogP contribution is -2.57. The van der Waals surface area contributed by atoms with Crippen LogP contribution in [0.2, 0.25) is 0 Å². The van der Waals surface area contributed by atoms with Gasteiger partial charge in [-0.15, -0.1) is 0 Å². The topological polar surface area (TPSA) is 277 Å². The molecule has 19 nitrogen and oxygen atoms in total. The molecule has 0 bridgehead atoms. The van der Waals surface area contributed by atoms with E-state index in [4.69, 9.17) is 28.4 Å². The molecule has 2 rings (SSSR count). The number of hydrogen-bond acceptors (Lipinski definition) is 19. The Bertz CT molecular complexity index is 1140. The summed E-state index contributed by atoms with van der Waals surface area (Å²) in [6.07, 6.45) is -10.7. The third kappa shape index (κ3) is 19.0. The van der Waals surface area contributed by atoms with Crippen molar-refractivity contribution in [1.29, 1.82) is 0 Å². The van der Waals surface area contributed by atoms with Crippen LogP contribution < -0.4 is 5.32 Å². The quantitative estimate of drug-likeness (QED) is 0.0359. The fourth-order valence-electron chi connectivity index (χ4n) is 5.96. The van der Waals surface area contributed by atoms with E-state index in [-0.39, 0.29) is 146 Å². The van der Waals surface area contributed by atoms with Crippen molar-refractivity contribution in [3.63, 3.8) is 0 Å². The highest BCUT2D eigenvalue weighted by Crippen LogP contribution is 2.23. The predicted octanol–water partition coefficient (Wildman–Crippen LogP) is -2.41. The van der Waals surface area contributed by atoms with Gasteiger partial charge >= 0.3 is 0 Å². The molecular formula is C37H64N2O17. The molecule has 0 aromatic carbocycles. The van der Waals surface area contributed by atoms with Gasteiger partial charge in [0.2, 0.25) is 0 Å². The zero-order chi connectivity index (χ0) is 41.6. The van der Waals surface area contributed by atoms with Gasteiger partial charge in [0.05, 0.1) is 71.4 Å². The third-order valence-electron chi connectivity index (χ3n) is 9.28. The summed E-state index contributed by atoms with van der Waals surface area (Å²) in [4.78, 5) is 63.5. The summed E-state index contributed by atoms with van der Waals surface area (Å²) >= 11 is 0. The molecule has 2 aliphatic heterocycles. The van der Waals surface area contributed by atoms with Crippen LogP contribution in [0.25, 0.3) is 0 Å². The lowest BCUT2D eigenvalue weighted by Gasteiger charge is -2.38. The lowest BCUT2D eigenvalue weighted by molar-refractivity contribution is -0.293. The molecule has 2 aliphatic rings. The maximum Gasteiger partial charge on any atom is 0.186 e. The molecule has 0 radical (unpaired) electrons. The van der Waals surface area contributed by atoms with E-state index in [1.165, 1.54) is 18.7 Å².